The minimum absolute atomic E-state index is 0.229. The summed E-state index contributed by atoms with van der Waals surface area (Å²) in [6, 6.07) is 4.75. The smallest absolute Gasteiger partial charge is 0.240 e. The van der Waals surface area contributed by atoms with E-state index in [1.54, 1.807) is 17.0 Å². The van der Waals surface area contributed by atoms with E-state index >= 15 is 0 Å². The molecular weight excluding hydrogens is 316 g/mol. The van der Waals surface area contributed by atoms with Gasteiger partial charge in [0, 0.05) is 19.0 Å². The van der Waals surface area contributed by atoms with Crippen molar-refractivity contribution in [3.8, 4) is 11.5 Å². The van der Waals surface area contributed by atoms with Crippen LogP contribution in [0, 0.1) is 0 Å². The molecule has 1 saturated heterocycles. The fourth-order valence-corrected chi connectivity index (χ4v) is 4.21. The first-order chi connectivity index (χ1) is 11.1. The van der Waals surface area contributed by atoms with Crippen LogP contribution in [0.15, 0.2) is 23.1 Å². The van der Waals surface area contributed by atoms with Gasteiger partial charge in [0.05, 0.1) is 24.5 Å². The Kier molecular flexibility index (Phi) is 5.40. The summed E-state index contributed by atoms with van der Waals surface area (Å²) in [5, 5.41) is 0. The van der Waals surface area contributed by atoms with Crippen molar-refractivity contribution in [3.63, 3.8) is 0 Å². The van der Waals surface area contributed by atoms with Crippen molar-refractivity contribution in [2.24, 2.45) is 0 Å². The average molecular weight is 341 g/mol. The number of hydrogen-bond donors (Lipinski definition) is 2. The maximum Gasteiger partial charge on any atom is 0.240 e. The molecule has 0 bridgehead atoms. The Hall–Kier alpha value is -1.31. The summed E-state index contributed by atoms with van der Waals surface area (Å²) in [4.78, 5) is 1.82. The third-order valence-corrected chi connectivity index (χ3v) is 5.84. The summed E-state index contributed by atoms with van der Waals surface area (Å²) in [6.07, 6.45) is 4.77. The molecule has 0 aromatic heterocycles. The molecule has 2 aliphatic rings. The lowest BCUT2D eigenvalue weighted by molar-refractivity contribution is -0.904. The summed E-state index contributed by atoms with van der Waals surface area (Å²) < 4.78 is 38.3. The maximum atomic E-state index is 12.4. The highest BCUT2D eigenvalue weighted by Gasteiger charge is 2.19. The molecule has 0 aliphatic carbocycles. The Balaban J connectivity index is 1.52. The standard InChI is InChI=1S/C16H24N2O4S/c19-23(20,17-7-4-10-18-8-2-1-3-9-18)14-5-6-15-16(13-14)22-12-11-21-15/h5-6,13,17H,1-4,7-12H2/p+1. The molecule has 2 aliphatic heterocycles. The number of likely N-dealkylation sites (tertiary alicyclic amines) is 1. The van der Waals surface area contributed by atoms with Crippen LogP contribution in [-0.4, -0.2) is 47.8 Å². The van der Waals surface area contributed by atoms with Gasteiger partial charge in [-0.1, -0.05) is 0 Å². The number of quaternary nitrogens is 1. The van der Waals surface area contributed by atoms with E-state index in [2.05, 4.69) is 4.72 Å². The Morgan fingerprint density at radius 3 is 2.57 bits per heavy atom. The van der Waals surface area contributed by atoms with Gasteiger partial charge in [0.25, 0.3) is 0 Å². The summed E-state index contributed by atoms with van der Waals surface area (Å²) in [6.45, 7) is 4.88. The molecule has 0 unspecified atom stereocenters. The lowest BCUT2D eigenvalue weighted by Crippen LogP contribution is -3.12. The minimum Gasteiger partial charge on any atom is -0.486 e. The number of benzene rings is 1. The first kappa shape index (κ1) is 16.5. The summed E-state index contributed by atoms with van der Waals surface area (Å²) in [5.74, 6) is 1.10. The molecule has 1 aromatic rings. The lowest BCUT2D eigenvalue weighted by atomic mass is 10.1. The molecule has 2 N–H and O–H groups in total. The predicted molar refractivity (Wildman–Crippen MR) is 86.7 cm³/mol. The normalized spacial score (nSPS) is 18.8. The van der Waals surface area contributed by atoms with Crippen LogP contribution in [0.3, 0.4) is 0 Å². The van der Waals surface area contributed by atoms with Crippen molar-refractivity contribution in [2.75, 3.05) is 39.4 Å². The van der Waals surface area contributed by atoms with Crippen LogP contribution in [0.4, 0.5) is 0 Å². The number of hydrogen-bond acceptors (Lipinski definition) is 4. The van der Waals surface area contributed by atoms with Gasteiger partial charge in [-0.2, -0.15) is 0 Å². The van der Waals surface area contributed by atoms with Crippen molar-refractivity contribution in [3.05, 3.63) is 18.2 Å². The van der Waals surface area contributed by atoms with E-state index in [-0.39, 0.29) is 4.90 Å². The molecule has 1 aromatic carbocycles. The van der Waals surface area contributed by atoms with E-state index in [4.69, 9.17) is 9.47 Å². The first-order valence-corrected chi connectivity index (χ1v) is 9.86. The van der Waals surface area contributed by atoms with E-state index in [0.29, 0.717) is 31.3 Å². The lowest BCUT2D eigenvalue weighted by Gasteiger charge is -2.23. The van der Waals surface area contributed by atoms with E-state index in [0.717, 1.165) is 13.0 Å². The van der Waals surface area contributed by atoms with Crippen LogP contribution < -0.4 is 19.1 Å². The van der Waals surface area contributed by atoms with Gasteiger partial charge in [-0.25, -0.2) is 13.1 Å². The van der Waals surface area contributed by atoms with Crippen LogP contribution in [0.2, 0.25) is 0 Å². The second kappa shape index (κ2) is 7.51. The fourth-order valence-electron chi connectivity index (χ4n) is 3.12. The van der Waals surface area contributed by atoms with E-state index in [1.165, 1.54) is 38.4 Å². The molecule has 0 atom stereocenters. The van der Waals surface area contributed by atoms with Gasteiger partial charge in [0.1, 0.15) is 13.2 Å². The molecule has 6 nitrogen and oxygen atoms in total. The second-order valence-corrected chi connectivity index (χ2v) is 7.88. The Bertz CT molecular complexity index is 627. The van der Waals surface area contributed by atoms with E-state index in [9.17, 15) is 8.42 Å². The van der Waals surface area contributed by atoms with Crippen LogP contribution in [-0.2, 0) is 10.0 Å². The molecule has 3 rings (SSSR count). The van der Waals surface area contributed by atoms with Crippen molar-refractivity contribution in [2.45, 2.75) is 30.6 Å². The zero-order valence-corrected chi connectivity index (χ0v) is 14.2. The number of fused-ring (bicyclic) bond motifs is 1. The highest BCUT2D eigenvalue weighted by molar-refractivity contribution is 7.89. The molecule has 7 heteroatoms. The van der Waals surface area contributed by atoms with E-state index < -0.39 is 10.0 Å². The minimum atomic E-state index is -3.49. The number of nitrogens with one attached hydrogen (secondary N) is 2. The van der Waals surface area contributed by atoms with Gasteiger partial charge in [-0.15, -0.1) is 0 Å². The van der Waals surface area contributed by atoms with Gasteiger partial charge in [-0.3, -0.25) is 0 Å². The number of piperidine rings is 1. The SMILES string of the molecule is O=S(=O)(NCCC[NH+]1CCCCC1)c1ccc2c(c1)OCCO2. The van der Waals surface area contributed by atoms with Crippen LogP contribution in [0.5, 0.6) is 11.5 Å². The summed E-state index contributed by atoms with van der Waals surface area (Å²) >= 11 is 0. The van der Waals surface area contributed by atoms with Crippen LogP contribution in [0.1, 0.15) is 25.7 Å². The molecule has 2 heterocycles. The van der Waals surface area contributed by atoms with E-state index in [1.807, 2.05) is 0 Å². The van der Waals surface area contributed by atoms with Crippen molar-refractivity contribution in [1.82, 2.24) is 4.72 Å². The number of sulfonamides is 1. The summed E-state index contributed by atoms with van der Waals surface area (Å²) in [5.41, 5.74) is 0. The van der Waals surface area contributed by atoms with Gasteiger partial charge in [-0.05, 0) is 31.4 Å². The van der Waals surface area contributed by atoms with Crippen LogP contribution >= 0.6 is 0 Å². The zero-order valence-electron chi connectivity index (χ0n) is 13.3. The molecule has 0 radical (unpaired) electrons. The number of rotatable bonds is 6. The van der Waals surface area contributed by atoms with Crippen molar-refractivity contribution >= 4 is 10.0 Å². The second-order valence-electron chi connectivity index (χ2n) is 6.12. The molecule has 0 amide bonds. The average Bonchev–Trinajstić information content (AvgIpc) is 2.59. The largest absolute Gasteiger partial charge is 0.486 e. The van der Waals surface area contributed by atoms with Crippen molar-refractivity contribution < 1.29 is 22.8 Å². The maximum absolute atomic E-state index is 12.4. The zero-order chi connectivity index (χ0) is 16.1. The Morgan fingerprint density at radius 2 is 1.78 bits per heavy atom. The molecule has 23 heavy (non-hydrogen) atoms. The van der Waals surface area contributed by atoms with Gasteiger partial charge in [0.15, 0.2) is 11.5 Å². The highest BCUT2D eigenvalue weighted by Crippen LogP contribution is 2.32. The van der Waals surface area contributed by atoms with Gasteiger partial charge < -0.3 is 14.4 Å². The molecule has 128 valence electrons. The Labute approximate surface area is 137 Å². The van der Waals surface area contributed by atoms with Crippen LogP contribution in [0.25, 0.3) is 0 Å². The molecule has 0 saturated carbocycles. The van der Waals surface area contributed by atoms with Gasteiger partial charge in [0.2, 0.25) is 10.0 Å². The third-order valence-electron chi connectivity index (χ3n) is 4.38. The third kappa shape index (κ3) is 4.37. The monoisotopic (exact) mass is 341 g/mol. The first-order valence-electron chi connectivity index (χ1n) is 8.38. The number of ether oxygens (including phenoxy) is 2. The predicted octanol–water partition coefficient (Wildman–Crippen LogP) is 0.195. The highest BCUT2D eigenvalue weighted by atomic mass is 32.2. The topological polar surface area (TPSA) is 69.1 Å². The quantitative estimate of drug-likeness (QED) is 0.725. The molecule has 1 fully saturated rings. The fraction of sp³-hybridized carbons (Fsp3) is 0.625. The van der Waals surface area contributed by atoms with Gasteiger partial charge >= 0.3 is 0 Å². The molecular formula is C16H25N2O4S+. The van der Waals surface area contributed by atoms with Crippen molar-refractivity contribution in [1.29, 1.82) is 0 Å². The Morgan fingerprint density at radius 1 is 1.04 bits per heavy atom. The molecule has 0 spiro atoms. The summed E-state index contributed by atoms with van der Waals surface area (Å²) in [7, 11) is -3.49.